The zero-order chi connectivity index (χ0) is 28.3. The molecule has 0 spiro atoms. The fourth-order valence-electron chi connectivity index (χ4n) is 6.19. The summed E-state index contributed by atoms with van der Waals surface area (Å²) < 4.78 is 0. The SMILES string of the molecule is CC(C)[PH+](c1ccccc1)c1ccccc1.c1ccc([B-](c2ccccc2)(c2ccccc2)c2ccccc2)cc1. The molecular weight excluding hydrogens is 510 g/mol. The highest BCUT2D eigenvalue weighted by Crippen LogP contribution is 2.38. The van der Waals surface area contributed by atoms with E-state index >= 15 is 0 Å². The molecule has 0 aliphatic rings. The highest BCUT2D eigenvalue weighted by molar-refractivity contribution is 7.73. The summed E-state index contributed by atoms with van der Waals surface area (Å²) >= 11 is 0. The van der Waals surface area contributed by atoms with Crippen molar-refractivity contribution in [3.63, 3.8) is 0 Å². The second-order valence-electron chi connectivity index (χ2n) is 10.8. The van der Waals surface area contributed by atoms with Gasteiger partial charge in [-0.05, 0) is 38.1 Å². The molecule has 6 aromatic rings. The van der Waals surface area contributed by atoms with Crippen molar-refractivity contribution in [2.75, 3.05) is 0 Å². The number of rotatable bonds is 7. The molecule has 0 bridgehead atoms. The fourth-order valence-corrected chi connectivity index (χ4v) is 8.96. The molecular formula is C39H38BP. The van der Waals surface area contributed by atoms with Crippen molar-refractivity contribution < 1.29 is 0 Å². The lowest BCUT2D eigenvalue weighted by Crippen LogP contribution is -2.74. The normalized spacial score (nSPS) is 11.1. The Bertz CT molecular complexity index is 1370. The van der Waals surface area contributed by atoms with E-state index in [9.17, 15) is 0 Å². The van der Waals surface area contributed by atoms with Gasteiger partial charge in [0, 0.05) is 0 Å². The average Bonchev–Trinajstić information content (AvgIpc) is 3.05. The van der Waals surface area contributed by atoms with Gasteiger partial charge in [0.15, 0.2) is 0 Å². The minimum atomic E-state index is -1.22. The fraction of sp³-hybridized carbons (Fsp3) is 0.0769. The van der Waals surface area contributed by atoms with Gasteiger partial charge in [0.1, 0.15) is 6.15 Å². The average molecular weight is 549 g/mol. The van der Waals surface area contributed by atoms with Crippen LogP contribution in [0.4, 0.5) is 0 Å². The van der Waals surface area contributed by atoms with E-state index in [1.54, 1.807) is 0 Å². The van der Waals surface area contributed by atoms with Gasteiger partial charge in [-0.15, -0.1) is 0 Å². The third kappa shape index (κ3) is 6.43. The second kappa shape index (κ2) is 13.9. The third-order valence-electron chi connectivity index (χ3n) is 7.95. The lowest BCUT2D eigenvalue weighted by atomic mass is 9.13. The molecule has 0 atom stereocenters. The van der Waals surface area contributed by atoms with E-state index in [-0.39, 0.29) is 0 Å². The van der Waals surface area contributed by atoms with Crippen molar-refractivity contribution in [3.8, 4) is 0 Å². The van der Waals surface area contributed by atoms with Crippen LogP contribution in [0.5, 0.6) is 0 Å². The molecule has 0 saturated heterocycles. The van der Waals surface area contributed by atoms with E-state index < -0.39 is 14.1 Å². The van der Waals surface area contributed by atoms with Gasteiger partial charge in [0.2, 0.25) is 0 Å². The van der Waals surface area contributed by atoms with E-state index in [0.717, 1.165) is 5.66 Å². The largest absolute Gasteiger partial charge is 0.195 e. The van der Waals surface area contributed by atoms with Crippen molar-refractivity contribution in [2.45, 2.75) is 19.5 Å². The summed E-state index contributed by atoms with van der Waals surface area (Å²) in [5, 5.41) is 3.02. The Hall–Kier alpha value is -4.19. The molecule has 2 heteroatoms. The van der Waals surface area contributed by atoms with E-state index in [0.29, 0.717) is 0 Å². The molecule has 6 rings (SSSR count). The molecule has 0 fully saturated rings. The molecule has 0 N–H and O–H groups in total. The van der Waals surface area contributed by atoms with Crippen LogP contribution < -0.4 is 32.5 Å². The topological polar surface area (TPSA) is 0 Å². The van der Waals surface area contributed by atoms with E-state index in [4.69, 9.17) is 0 Å². The van der Waals surface area contributed by atoms with Crippen molar-refractivity contribution >= 4 is 46.5 Å². The predicted molar refractivity (Wildman–Crippen MR) is 186 cm³/mol. The summed E-state index contributed by atoms with van der Waals surface area (Å²) in [7, 11) is -0.617. The Morgan fingerprint density at radius 3 is 0.780 bits per heavy atom. The first-order valence-electron chi connectivity index (χ1n) is 14.6. The van der Waals surface area contributed by atoms with Gasteiger partial charge < -0.3 is 0 Å². The maximum absolute atomic E-state index is 2.33. The van der Waals surface area contributed by atoms with Crippen LogP contribution in [0.3, 0.4) is 0 Å². The second-order valence-corrected chi connectivity index (χ2v) is 13.9. The molecule has 0 radical (unpaired) electrons. The van der Waals surface area contributed by atoms with Crippen LogP contribution in [0.1, 0.15) is 13.8 Å². The van der Waals surface area contributed by atoms with Crippen molar-refractivity contribution in [3.05, 3.63) is 182 Å². The summed E-state index contributed by atoms with van der Waals surface area (Å²) in [5.74, 6) is 0. The van der Waals surface area contributed by atoms with Gasteiger partial charge in [-0.25, -0.2) is 0 Å². The highest BCUT2D eigenvalue weighted by Gasteiger charge is 2.31. The standard InChI is InChI=1S/C24H20B.C15H17P/c1-5-13-21(14-6-1)25(22-15-7-2-8-16-22,23-17-9-3-10-18-23)24-19-11-4-12-20-24;1-13(2)16(14-9-5-3-6-10-14)15-11-7-4-8-12-15/h1-20H;3-13H,1-2H3/q-1;/p+1. The van der Waals surface area contributed by atoms with Gasteiger partial charge in [0.05, 0.1) is 24.2 Å². The Kier molecular flexibility index (Phi) is 9.63. The Morgan fingerprint density at radius 1 is 0.341 bits per heavy atom. The number of benzene rings is 6. The Morgan fingerprint density at radius 2 is 0.561 bits per heavy atom. The maximum Gasteiger partial charge on any atom is 0.108 e. The van der Waals surface area contributed by atoms with E-state index in [1.807, 2.05) is 0 Å². The summed E-state index contributed by atoms with van der Waals surface area (Å²) in [6.07, 6.45) is -1.22. The van der Waals surface area contributed by atoms with Crippen molar-refractivity contribution in [1.29, 1.82) is 0 Å². The summed E-state index contributed by atoms with van der Waals surface area (Å²) in [6.45, 7) is 4.66. The Balaban J connectivity index is 0.000000182. The van der Waals surface area contributed by atoms with Gasteiger partial charge >= 0.3 is 0 Å². The van der Waals surface area contributed by atoms with Gasteiger partial charge in [0.25, 0.3) is 0 Å². The number of hydrogen-bond donors (Lipinski definition) is 0. The predicted octanol–water partition coefficient (Wildman–Crippen LogP) is 6.32. The third-order valence-corrected chi connectivity index (χ3v) is 11.0. The maximum atomic E-state index is 2.33. The first-order chi connectivity index (χ1) is 20.2. The monoisotopic (exact) mass is 548 g/mol. The lowest BCUT2D eigenvalue weighted by Gasteiger charge is -2.44. The molecule has 6 aromatic carbocycles. The molecule has 41 heavy (non-hydrogen) atoms. The van der Waals surface area contributed by atoms with Gasteiger partial charge in [-0.2, -0.15) is 21.9 Å². The molecule has 202 valence electrons. The minimum Gasteiger partial charge on any atom is -0.195 e. The van der Waals surface area contributed by atoms with Gasteiger partial charge in [-0.1, -0.05) is 158 Å². The molecule has 0 unspecified atom stereocenters. The molecule has 0 nitrogen and oxygen atoms in total. The first kappa shape index (κ1) is 28.3. The molecule has 0 heterocycles. The lowest BCUT2D eigenvalue weighted by molar-refractivity contribution is 1.10. The smallest absolute Gasteiger partial charge is 0.108 e. The van der Waals surface area contributed by atoms with Crippen LogP contribution in [-0.4, -0.2) is 11.8 Å². The van der Waals surface area contributed by atoms with E-state index in [1.165, 1.54) is 32.5 Å². The summed E-state index contributed by atoms with van der Waals surface area (Å²) in [5.41, 5.74) is 6.07. The van der Waals surface area contributed by atoms with Crippen LogP contribution in [0.2, 0.25) is 0 Å². The summed E-state index contributed by atoms with van der Waals surface area (Å²) in [6, 6.07) is 65.3. The van der Waals surface area contributed by atoms with E-state index in [2.05, 4.69) is 196 Å². The van der Waals surface area contributed by atoms with Crippen molar-refractivity contribution in [1.82, 2.24) is 0 Å². The van der Waals surface area contributed by atoms with Crippen LogP contribution in [0.25, 0.3) is 0 Å². The summed E-state index contributed by atoms with van der Waals surface area (Å²) in [4.78, 5) is 0. The molecule has 0 aliphatic heterocycles. The number of hydrogen-bond acceptors (Lipinski definition) is 0. The molecule has 0 saturated carbocycles. The van der Waals surface area contributed by atoms with Crippen LogP contribution >= 0.6 is 7.92 Å². The van der Waals surface area contributed by atoms with Crippen LogP contribution in [0.15, 0.2) is 182 Å². The highest BCUT2D eigenvalue weighted by atomic mass is 31.1. The van der Waals surface area contributed by atoms with Gasteiger partial charge in [-0.3, -0.25) is 0 Å². The minimum absolute atomic E-state index is 0.617. The van der Waals surface area contributed by atoms with Crippen molar-refractivity contribution in [2.24, 2.45) is 0 Å². The van der Waals surface area contributed by atoms with Crippen LogP contribution in [-0.2, 0) is 0 Å². The Labute approximate surface area is 247 Å². The molecule has 0 amide bonds. The van der Waals surface area contributed by atoms with Crippen LogP contribution in [0, 0.1) is 0 Å². The molecule has 0 aromatic heterocycles. The quantitative estimate of drug-likeness (QED) is 0.162. The zero-order valence-corrected chi connectivity index (χ0v) is 25.0. The zero-order valence-electron chi connectivity index (χ0n) is 24.0. The first-order valence-corrected chi connectivity index (χ1v) is 16.1. The molecule has 0 aliphatic carbocycles.